The molecule has 3 unspecified atom stereocenters. The number of phenols is 1. The molecule has 0 radical (unpaired) electrons. The first-order valence-corrected chi connectivity index (χ1v) is 8.13. The zero-order valence-corrected chi connectivity index (χ0v) is 13.5. The van der Waals surface area contributed by atoms with Crippen molar-refractivity contribution < 1.29 is 19.4 Å². The lowest BCUT2D eigenvalue weighted by Gasteiger charge is -2.57. The predicted octanol–water partition coefficient (Wildman–Crippen LogP) is 1.45. The SMILES string of the molecule is COc1ccc2c(c1O)C13CCN(C)C(C2)C1CC(=O)C(=O)C3. The van der Waals surface area contributed by atoms with E-state index >= 15 is 0 Å². The molecule has 1 heterocycles. The maximum Gasteiger partial charge on any atom is 0.199 e. The molecular weight excluding hydrogens is 294 g/mol. The van der Waals surface area contributed by atoms with Crippen LogP contribution in [0.4, 0.5) is 0 Å². The van der Waals surface area contributed by atoms with E-state index in [1.807, 2.05) is 6.07 Å². The number of methoxy groups -OCH3 is 1. The molecule has 23 heavy (non-hydrogen) atoms. The number of nitrogens with zero attached hydrogens (tertiary/aromatic N) is 1. The zero-order chi connectivity index (χ0) is 16.4. The number of fused-ring (bicyclic) bond motifs is 1. The van der Waals surface area contributed by atoms with Gasteiger partial charge in [0.05, 0.1) is 7.11 Å². The van der Waals surface area contributed by atoms with Gasteiger partial charge in [0.2, 0.25) is 0 Å². The average molecular weight is 315 g/mol. The van der Waals surface area contributed by atoms with Gasteiger partial charge in [0, 0.05) is 29.9 Å². The van der Waals surface area contributed by atoms with E-state index < -0.39 is 5.41 Å². The summed E-state index contributed by atoms with van der Waals surface area (Å²) in [5.74, 6) is 0.145. The maximum absolute atomic E-state index is 12.2. The first-order chi connectivity index (χ1) is 11.0. The number of carbonyl (C=O) groups is 2. The standard InChI is InChI=1S/C18H21NO4/c1-19-6-5-18-9-14(21)13(20)8-11(18)12(19)7-10-3-4-15(23-2)17(22)16(10)18/h3-4,11-12,22H,5-9H2,1-2H3. The predicted molar refractivity (Wildman–Crippen MR) is 83.8 cm³/mol. The Morgan fingerprint density at radius 3 is 2.78 bits per heavy atom. The number of phenolic OH excluding ortho intramolecular Hbond substituents is 1. The summed E-state index contributed by atoms with van der Waals surface area (Å²) in [7, 11) is 3.62. The maximum atomic E-state index is 12.2. The highest BCUT2D eigenvalue weighted by Gasteiger charge is 2.58. The van der Waals surface area contributed by atoms with Crippen molar-refractivity contribution in [2.45, 2.75) is 37.1 Å². The molecule has 2 aliphatic carbocycles. The molecule has 1 N–H and O–H groups in total. The Hall–Kier alpha value is -1.88. The van der Waals surface area contributed by atoms with Crippen LogP contribution in [0.3, 0.4) is 0 Å². The topological polar surface area (TPSA) is 66.8 Å². The van der Waals surface area contributed by atoms with Crippen LogP contribution < -0.4 is 4.74 Å². The van der Waals surface area contributed by atoms with E-state index in [2.05, 4.69) is 11.9 Å². The highest BCUT2D eigenvalue weighted by molar-refractivity contribution is 6.38. The van der Waals surface area contributed by atoms with Gasteiger partial charge < -0.3 is 14.7 Å². The Labute approximate surface area is 135 Å². The third-order valence-electron chi connectivity index (χ3n) is 6.22. The molecule has 122 valence electrons. The molecule has 1 aliphatic heterocycles. The number of likely N-dealkylation sites (N-methyl/N-ethyl adjacent to an activating group) is 1. The molecular formula is C18H21NO4. The average Bonchev–Trinajstić information content (AvgIpc) is 2.52. The van der Waals surface area contributed by atoms with Crippen molar-refractivity contribution in [2.75, 3.05) is 20.7 Å². The minimum absolute atomic E-state index is 0.0944. The van der Waals surface area contributed by atoms with Crippen molar-refractivity contribution >= 4 is 11.6 Å². The Morgan fingerprint density at radius 2 is 2.04 bits per heavy atom. The van der Waals surface area contributed by atoms with Crippen LogP contribution >= 0.6 is 0 Å². The minimum atomic E-state index is -0.422. The van der Waals surface area contributed by atoms with Gasteiger partial charge in [-0.1, -0.05) is 6.07 Å². The smallest absolute Gasteiger partial charge is 0.199 e. The van der Waals surface area contributed by atoms with E-state index in [0.29, 0.717) is 12.2 Å². The van der Waals surface area contributed by atoms with Gasteiger partial charge in [-0.25, -0.2) is 0 Å². The van der Waals surface area contributed by atoms with Crippen molar-refractivity contribution in [1.82, 2.24) is 4.90 Å². The molecule has 2 bridgehead atoms. The Balaban J connectivity index is 1.96. The number of hydrogen-bond donors (Lipinski definition) is 1. The van der Waals surface area contributed by atoms with E-state index in [9.17, 15) is 14.7 Å². The molecule has 1 aromatic carbocycles. The number of carbonyl (C=O) groups excluding carboxylic acids is 2. The normalized spacial score (nSPS) is 33.1. The number of rotatable bonds is 1. The number of ketones is 2. The van der Waals surface area contributed by atoms with E-state index in [1.165, 1.54) is 7.11 Å². The van der Waals surface area contributed by atoms with Crippen LogP contribution in [0.2, 0.25) is 0 Å². The van der Waals surface area contributed by atoms with Gasteiger partial charge in [-0.05, 0) is 44.0 Å². The number of likely N-dealkylation sites (tertiary alicyclic amines) is 1. The molecule has 0 spiro atoms. The second-order valence-corrected chi connectivity index (χ2v) is 7.14. The molecule has 2 fully saturated rings. The Morgan fingerprint density at radius 1 is 1.26 bits per heavy atom. The highest BCUT2D eigenvalue weighted by atomic mass is 16.5. The van der Waals surface area contributed by atoms with Crippen LogP contribution in [-0.4, -0.2) is 48.3 Å². The fraction of sp³-hybridized carbons (Fsp3) is 0.556. The van der Waals surface area contributed by atoms with Crippen molar-refractivity contribution in [3.05, 3.63) is 23.3 Å². The van der Waals surface area contributed by atoms with Crippen LogP contribution in [0.15, 0.2) is 12.1 Å². The second-order valence-electron chi connectivity index (χ2n) is 7.14. The van der Waals surface area contributed by atoms with E-state index in [1.54, 1.807) is 6.07 Å². The van der Waals surface area contributed by atoms with Gasteiger partial charge in [-0.3, -0.25) is 9.59 Å². The van der Waals surface area contributed by atoms with Gasteiger partial charge in [0.15, 0.2) is 23.1 Å². The van der Waals surface area contributed by atoms with Gasteiger partial charge in [-0.15, -0.1) is 0 Å². The zero-order valence-electron chi connectivity index (χ0n) is 13.5. The van der Waals surface area contributed by atoms with Crippen molar-refractivity contribution in [3.8, 4) is 11.5 Å². The monoisotopic (exact) mass is 315 g/mol. The largest absolute Gasteiger partial charge is 0.504 e. The summed E-state index contributed by atoms with van der Waals surface area (Å²) >= 11 is 0. The molecule has 1 saturated heterocycles. The lowest BCUT2D eigenvalue weighted by Crippen LogP contribution is -2.62. The summed E-state index contributed by atoms with van der Waals surface area (Å²) < 4.78 is 5.28. The highest BCUT2D eigenvalue weighted by Crippen LogP contribution is 2.57. The molecule has 5 heteroatoms. The fourth-order valence-electron chi connectivity index (χ4n) is 5.08. The van der Waals surface area contributed by atoms with Crippen LogP contribution in [-0.2, 0) is 21.4 Å². The van der Waals surface area contributed by atoms with Crippen molar-refractivity contribution in [2.24, 2.45) is 5.92 Å². The lowest BCUT2D eigenvalue weighted by molar-refractivity contribution is -0.144. The quantitative estimate of drug-likeness (QED) is 0.795. The number of ether oxygens (including phenoxy) is 1. The van der Waals surface area contributed by atoms with Crippen LogP contribution in [0.1, 0.15) is 30.4 Å². The van der Waals surface area contributed by atoms with Gasteiger partial charge in [0.1, 0.15) is 0 Å². The summed E-state index contributed by atoms with van der Waals surface area (Å²) in [6.45, 7) is 0.874. The van der Waals surface area contributed by atoms with Crippen LogP contribution in [0.5, 0.6) is 11.5 Å². The number of Topliss-reactive ketones (excluding diaryl/α,β-unsaturated/α-hetero) is 2. The fourth-order valence-corrected chi connectivity index (χ4v) is 5.08. The number of piperidine rings is 1. The summed E-state index contributed by atoms with van der Waals surface area (Å²) in [4.78, 5) is 26.6. The summed E-state index contributed by atoms with van der Waals surface area (Å²) in [5, 5.41) is 10.8. The first kappa shape index (κ1) is 14.7. The summed E-state index contributed by atoms with van der Waals surface area (Å²) in [5.41, 5.74) is 1.51. The molecule has 1 saturated carbocycles. The summed E-state index contributed by atoms with van der Waals surface area (Å²) in [6, 6.07) is 4.04. The van der Waals surface area contributed by atoms with E-state index in [4.69, 9.17) is 4.74 Å². The molecule has 0 aromatic heterocycles. The van der Waals surface area contributed by atoms with E-state index in [0.717, 1.165) is 30.5 Å². The van der Waals surface area contributed by atoms with Gasteiger partial charge in [0.25, 0.3) is 0 Å². The van der Waals surface area contributed by atoms with Crippen molar-refractivity contribution in [1.29, 1.82) is 0 Å². The number of benzene rings is 1. The molecule has 3 aliphatic rings. The molecule has 1 aromatic rings. The molecule has 0 amide bonds. The van der Waals surface area contributed by atoms with E-state index in [-0.39, 0.29) is 35.7 Å². The van der Waals surface area contributed by atoms with Gasteiger partial charge in [-0.2, -0.15) is 0 Å². The lowest BCUT2D eigenvalue weighted by atomic mass is 9.51. The van der Waals surface area contributed by atoms with Gasteiger partial charge >= 0.3 is 0 Å². The van der Waals surface area contributed by atoms with Crippen LogP contribution in [0, 0.1) is 5.92 Å². The number of aromatic hydroxyl groups is 1. The Bertz CT molecular complexity index is 713. The van der Waals surface area contributed by atoms with Crippen molar-refractivity contribution in [3.63, 3.8) is 0 Å². The molecule has 3 atom stereocenters. The Kier molecular flexibility index (Phi) is 3.07. The third-order valence-corrected chi connectivity index (χ3v) is 6.22. The third kappa shape index (κ3) is 1.83. The second kappa shape index (κ2) is 4.81. The summed E-state index contributed by atoms with van der Waals surface area (Å²) in [6.07, 6.45) is 2.10. The van der Waals surface area contributed by atoms with Crippen LogP contribution in [0.25, 0.3) is 0 Å². The molecule has 5 nitrogen and oxygen atoms in total. The molecule has 4 rings (SSSR count). The number of hydrogen-bond acceptors (Lipinski definition) is 5. The first-order valence-electron chi connectivity index (χ1n) is 8.13. The minimum Gasteiger partial charge on any atom is -0.504 e.